The van der Waals surface area contributed by atoms with Gasteiger partial charge in [0, 0.05) is 52.1 Å². The van der Waals surface area contributed by atoms with Crippen LogP contribution in [-0.2, 0) is 26.5 Å². The first-order valence-corrected chi connectivity index (χ1v) is 15.7. The molecule has 10 rings (SSSR count). The zero-order valence-electron chi connectivity index (χ0n) is 26.0. The van der Waals surface area contributed by atoms with E-state index in [-0.39, 0.29) is 26.5 Å². The van der Waals surface area contributed by atoms with Gasteiger partial charge in [-0.1, -0.05) is 78.8 Å². The number of ether oxygens (including phenoxy) is 1. The van der Waals surface area contributed by atoms with Crippen LogP contribution in [0.15, 0.2) is 126 Å². The van der Waals surface area contributed by atoms with E-state index in [9.17, 15) is 0 Å². The van der Waals surface area contributed by atoms with Crippen LogP contribution in [0, 0.1) is 12.1 Å². The third-order valence-electron chi connectivity index (χ3n) is 9.52. The maximum absolute atomic E-state index is 6.54. The van der Waals surface area contributed by atoms with Gasteiger partial charge in [0.05, 0.1) is 5.65 Å². The summed E-state index contributed by atoms with van der Waals surface area (Å²) in [6, 6.07) is 42.2. The Morgan fingerprint density at radius 1 is 0.708 bits per heavy atom. The van der Waals surface area contributed by atoms with Crippen molar-refractivity contribution in [3.05, 3.63) is 145 Å². The summed E-state index contributed by atoms with van der Waals surface area (Å²) in [5.74, 6) is 1.99. The van der Waals surface area contributed by atoms with Gasteiger partial charge in [0.2, 0.25) is 0 Å². The molecule has 0 aliphatic carbocycles. The summed E-state index contributed by atoms with van der Waals surface area (Å²) in [5, 5.41) is 5.36. The van der Waals surface area contributed by atoms with E-state index in [1.165, 1.54) is 5.56 Å². The summed E-state index contributed by atoms with van der Waals surface area (Å²) in [5.41, 5.74) is 7.58. The number of aromatic nitrogens is 3. The van der Waals surface area contributed by atoms with E-state index in [4.69, 9.17) is 14.1 Å². The smallest absolute Gasteiger partial charge is 0.503 e. The standard InChI is InChI=1S/C41H26N4O2.Pt/c1-41(2)31-17-15-26(46-25-14-16-27-28-9-3-5-11-32(28)44-22-21-43-40(44)30(27)23-25)24-34(31)45(37-13-7-8-20-42-37)33-18-19-36-38(39(33)41)29-10-4-6-12-35(29)47-36;/h3-22H,1-2H3;/q-2;+2. The largest absolute Gasteiger partial charge is 2.00 e. The van der Waals surface area contributed by atoms with Gasteiger partial charge in [-0.3, -0.25) is 4.98 Å². The minimum absolute atomic E-state index is 0. The van der Waals surface area contributed by atoms with Gasteiger partial charge in [-0.05, 0) is 52.8 Å². The number of pyridine rings is 2. The second-order valence-electron chi connectivity index (χ2n) is 12.5. The van der Waals surface area contributed by atoms with Crippen molar-refractivity contribution in [1.82, 2.24) is 14.4 Å². The van der Waals surface area contributed by atoms with E-state index in [2.05, 4.69) is 101 Å². The molecule has 0 radical (unpaired) electrons. The van der Waals surface area contributed by atoms with Gasteiger partial charge in [0.1, 0.15) is 17.0 Å². The maximum Gasteiger partial charge on any atom is 2.00 e. The zero-order valence-corrected chi connectivity index (χ0v) is 28.2. The molecule has 1 aliphatic heterocycles. The molecule has 232 valence electrons. The minimum Gasteiger partial charge on any atom is -0.503 e. The van der Waals surface area contributed by atoms with Crippen molar-refractivity contribution < 1.29 is 30.2 Å². The second-order valence-corrected chi connectivity index (χ2v) is 12.5. The fourth-order valence-electron chi connectivity index (χ4n) is 7.46. The number of anilines is 3. The van der Waals surface area contributed by atoms with Crippen LogP contribution in [0.3, 0.4) is 0 Å². The van der Waals surface area contributed by atoms with Crippen LogP contribution in [0.2, 0.25) is 0 Å². The van der Waals surface area contributed by atoms with E-state index in [0.717, 1.165) is 72.0 Å². The maximum atomic E-state index is 6.54. The van der Waals surface area contributed by atoms with Gasteiger partial charge in [0.15, 0.2) is 0 Å². The number of imidazole rings is 1. The molecule has 5 aromatic carbocycles. The van der Waals surface area contributed by atoms with Crippen molar-refractivity contribution in [3.8, 4) is 11.5 Å². The van der Waals surface area contributed by atoms with Gasteiger partial charge in [-0.2, -0.15) is 6.07 Å². The summed E-state index contributed by atoms with van der Waals surface area (Å²) in [7, 11) is 0. The summed E-state index contributed by atoms with van der Waals surface area (Å²) >= 11 is 0. The van der Waals surface area contributed by atoms with E-state index < -0.39 is 0 Å². The number of para-hydroxylation sites is 2. The number of hydrogen-bond donors (Lipinski definition) is 0. The van der Waals surface area contributed by atoms with Crippen molar-refractivity contribution in [2.75, 3.05) is 4.90 Å². The molecule has 0 bridgehead atoms. The molecule has 7 heteroatoms. The van der Waals surface area contributed by atoms with Crippen LogP contribution in [0.5, 0.6) is 11.5 Å². The fourth-order valence-corrected chi connectivity index (χ4v) is 7.46. The molecule has 0 fully saturated rings. The second kappa shape index (κ2) is 10.5. The third-order valence-corrected chi connectivity index (χ3v) is 9.52. The van der Waals surface area contributed by atoms with Crippen LogP contribution in [0.1, 0.15) is 25.0 Å². The Hall–Kier alpha value is -5.45. The quantitative estimate of drug-likeness (QED) is 0.132. The Labute approximate surface area is 290 Å². The Balaban J connectivity index is 0.00000314. The van der Waals surface area contributed by atoms with Crippen molar-refractivity contribution >= 4 is 66.5 Å². The van der Waals surface area contributed by atoms with Crippen LogP contribution in [0.25, 0.3) is 49.3 Å². The molecule has 0 N–H and O–H groups in total. The van der Waals surface area contributed by atoms with Crippen LogP contribution < -0.4 is 9.64 Å². The first kappa shape index (κ1) is 28.7. The van der Waals surface area contributed by atoms with Crippen molar-refractivity contribution in [2.45, 2.75) is 19.3 Å². The van der Waals surface area contributed by atoms with Crippen molar-refractivity contribution in [1.29, 1.82) is 0 Å². The van der Waals surface area contributed by atoms with Gasteiger partial charge in [-0.25, -0.2) is 4.98 Å². The summed E-state index contributed by atoms with van der Waals surface area (Å²) in [4.78, 5) is 11.7. The normalized spacial score (nSPS) is 13.6. The summed E-state index contributed by atoms with van der Waals surface area (Å²) < 4.78 is 15.0. The molecule has 0 amide bonds. The van der Waals surface area contributed by atoms with E-state index in [1.54, 1.807) is 0 Å². The molecular formula is C41H26N4O2Pt. The molecule has 0 spiro atoms. The molecule has 4 aromatic heterocycles. The first-order valence-electron chi connectivity index (χ1n) is 15.7. The van der Waals surface area contributed by atoms with Gasteiger partial charge in [-0.15, -0.1) is 29.8 Å². The Morgan fingerprint density at radius 2 is 1.50 bits per heavy atom. The van der Waals surface area contributed by atoms with E-state index >= 15 is 0 Å². The van der Waals surface area contributed by atoms with Crippen molar-refractivity contribution in [2.24, 2.45) is 0 Å². The van der Waals surface area contributed by atoms with Gasteiger partial charge < -0.3 is 18.5 Å². The predicted octanol–water partition coefficient (Wildman–Crippen LogP) is 10.4. The number of hydrogen-bond acceptors (Lipinski definition) is 5. The summed E-state index contributed by atoms with van der Waals surface area (Å²) in [6.07, 6.45) is 5.64. The number of fused-ring (bicyclic) bond motifs is 12. The molecule has 6 nitrogen and oxygen atoms in total. The number of furan rings is 1. The Bertz CT molecular complexity index is 2710. The van der Waals surface area contributed by atoms with E-state index in [0.29, 0.717) is 11.5 Å². The zero-order chi connectivity index (χ0) is 31.3. The molecule has 0 saturated carbocycles. The molecular weight excluding hydrogens is 776 g/mol. The average molecular weight is 802 g/mol. The van der Waals surface area contributed by atoms with Crippen LogP contribution >= 0.6 is 0 Å². The first-order chi connectivity index (χ1) is 23.1. The average Bonchev–Trinajstić information content (AvgIpc) is 3.75. The summed E-state index contributed by atoms with van der Waals surface area (Å²) in [6.45, 7) is 4.54. The SMILES string of the molecule is CC1(C)c2ccc(Oc3[c-]c4c(cc3)c3ccccc3n3ccnc43)[c-]c2N(c2ccccn2)c2ccc3oc4ccccc4c3c21.[Pt+2]. The molecule has 5 heterocycles. The van der Waals surface area contributed by atoms with Crippen LogP contribution in [0.4, 0.5) is 17.2 Å². The fraction of sp³-hybridized carbons (Fsp3) is 0.0732. The predicted molar refractivity (Wildman–Crippen MR) is 186 cm³/mol. The van der Waals surface area contributed by atoms with Gasteiger partial charge in [0.25, 0.3) is 0 Å². The molecule has 0 saturated heterocycles. The molecule has 0 atom stereocenters. The molecule has 48 heavy (non-hydrogen) atoms. The molecule has 0 unspecified atom stereocenters. The van der Waals surface area contributed by atoms with Crippen LogP contribution in [-0.4, -0.2) is 14.4 Å². The van der Waals surface area contributed by atoms with Crippen molar-refractivity contribution in [3.63, 3.8) is 0 Å². The molecule has 1 aliphatic rings. The number of benzene rings is 5. The Kier molecular flexibility index (Phi) is 6.31. The number of nitrogens with zero attached hydrogens (tertiary/aromatic N) is 4. The monoisotopic (exact) mass is 801 g/mol. The van der Waals surface area contributed by atoms with E-state index in [1.807, 2.05) is 61.1 Å². The minimum atomic E-state index is -0.375. The van der Waals surface area contributed by atoms with Gasteiger partial charge >= 0.3 is 21.1 Å². The molecule has 9 aromatic rings. The Morgan fingerprint density at radius 3 is 2.38 bits per heavy atom. The topological polar surface area (TPSA) is 55.8 Å². The third kappa shape index (κ3) is 4.02. The number of rotatable bonds is 3.